The highest BCUT2D eigenvalue weighted by Gasteiger charge is 2.27. The summed E-state index contributed by atoms with van der Waals surface area (Å²) in [6.07, 6.45) is 2.35. The summed E-state index contributed by atoms with van der Waals surface area (Å²) in [4.78, 5) is 9.06. The van der Waals surface area contributed by atoms with Crippen molar-refractivity contribution in [2.75, 3.05) is 17.7 Å². The summed E-state index contributed by atoms with van der Waals surface area (Å²) >= 11 is 0. The number of benzene rings is 1. The molecular weight excluding hydrogens is 262 g/mol. The summed E-state index contributed by atoms with van der Waals surface area (Å²) in [6, 6.07) is 11.6. The molecule has 0 atom stereocenters. The molecule has 0 saturated heterocycles. The Morgan fingerprint density at radius 3 is 2.76 bits per heavy atom. The van der Waals surface area contributed by atoms with Gasteiger partial charge in [0.25, 0.3) is 0 Å². The van der Waals surface area contributed by atoms with Crippen LogP contribution in [0.4, 0.5) is 11.6 Å². The average Bonchev–Trinajstić information content (AvgIpc) is 3.37. The van der Waals surface area contributed by atoms with Crippen molar-refractivity contribution in [3.05, 3.63) is 47.3 Å². The lowest BCUT2D eigenvalue weighted by Gasteiger charge is -2.09. The second-order valence-electron chi connectivity index (χ2n) is 5.19. The smallest absolute Gasteiger partial charge is 0.136 e. The van der Waals surface area contributed by atoms with Gasteiger partial charge in [0.1, 0.15) is 17.5 Å². The normalized spacial score (nSPS) is 13.5. The van der Waals surface area contributed by atoms with Crippen LogP contribution < -0.4 is 10.6 Å². The van der Waals surface area contributed by atoms with Gasteiger partial charge in [0, 0.05) is 25.6 Å². The third-order valence-electron chi connectivity index (χ3n) is 3.47. The fourth-order valence-electron chi connectivity index (χ4n) is 2.15. The maximum Gasteiger partial charge on any atom is 0.136 e. The van der Waals surface area contributed by atoms with E-state index in [1.807, 2.05) is 31.3 Å². The molecule has 0 radical (unpaired) electrons. The van der Waals surface area contributed by atoms with Gasteiger partial charge in [0.05, 0.1) is 11.6 Å². The first kappa shape index (κ1) is 13.4. The van der Waals surface area contributed by atoms with E-state index in [9.17, 15) is 0 Å². The third-order valence-corrected chi connectivity index (χ3v) is 3.47. The molecule has 21 heavy (non-hydrogen) atoms. The molecular formula is C16H17N5. The van der Waals surface area contributed by atoms with Crippen molar-refractivity contribution in [1.29, 1.82) is 5.26 Å². The van der Waals surface area contributed by atoms with Crippen molar-refractivity contribution in [3.8, 4) is 6.07 Å². The van der Waals surface area contributed by atoms with E-state index in [2.05, 4.69) is 26.7 Å². The molecule has 2 aromatic rings. The van der Waals surface area contributed by atoms with Crippen LogP contribution >= 0.6 is 0 Å². The number of nitrogens with one attached hydrogen (secondary N) is 2. The van der Waals surface area contributed by atoms with Crippen LogP contribution in [0.1, 0.15) is 35.7 Å². The van der Waals surface area contributed by atoms with E-state index >= 15 is 0 Å². The molecule has 0 spiro atoms. The lowest BCUT2D eigenvalue weighted by atomic mass is 10.1. The molecule has 1 aromatic heterocycles. The molecule has 3 rings (SSSR count). The third kappa shape index (κ3) is 3.29. The lowest BCUT2D eigenvalue weighted by molar-refractivity contribution is 0.923. The van der Waals surface area contributed by atoms with Gasteiger partial charge < -0.3 is 10.6 Å². The van der Waals surface area contributed by atoms with Gasteiger partial charge in [0.2, 0.25) is 0 Å². The SMILES string of the molecule is CNc1cc(NCc2cccc(C#N)c2)nc(C2CC2)n1. The zero-order valence-corrected chi connectivity index (χ0v) is 11.9. The molecule has 106 valence electrons. The maximum absolute atomic E-state index is 8.92. The minimum Gasteiger partial charge on any atom is -0.373 e. The Bertz CT molecular complexity index is 685. The average molecular weight is 279 g/mol. The number of nitriles is 1. The van der Waals surface area contributed by atoms with Crippen LogP contribution in [-0.4, -0.2) is 17.0 Å². The summed E-state index contributed by atoms with van der Waals surface area (Å²) in [7, 11) is 1.86. The molecule has 0 aliphatic heterocycles. The van der Waals surface area contributed by atoms with E-state index in [4.69, 9.17) is 5.26 Å². The van der Waals surface area contributed by atoms with Crippen LogP contribution in [0.5, 0.6) is 0 Å². The van der Waals surface area contributed by atoms with Gasteiger partial charge >= 0.3 is 0 Å². The maximum atomic E-state index is 8.92. The molecule has 1 heterocycles. The van der Waals surface area contributed by atoms with Gasteiger partial charge in [0.15, 0.2) is 0 Å². The van der Waals surface area contributed by atoms with Gasteiger partial charge in [-0.3, -0.25) is 0 Å². The monoisotopic (exact) mass is 279 g/mol. The van der Waals surface area contributed by atoms with Gasteiger partial charge in [-0.15, -0.1) is 0 Å². The molecule has 0 unspecified atom stereocenters. The number of nitrogens with zero attached hydrogens (tertiary/aromatic N) is 3. The van der Waals surface area contributed by atoms with Crippen molar-refractivity contribution in [3.63, 3.8) is 0 Å². The quantitative estimate of drug-likeness (QED) is 0.880. The number of rotatable bonds is 5. The number of aromatic nitrogens is 2. The van der Waals surface area contributed by atoms with Crippen molar-refractivity contribution < 1.29 is 0 Å². The zero-order valence-electron chi connectivity index (χ0n) is 11.9. The number of anilines is 2. The Morgan fingerprint density at radius 1 is 1.24 bits per heavy atom. The Morgan fingerprint density at radius 2 is 2.05 bits per heavy atom. The summed E-state index contributed by atoms with van der Waals surface area (Å²) in [5, 5.41) is 15.3. The molecule has 1 fully saturated rings. The van der Waals surface area contributed by atoms with Crippen LogP contribution in [0.15, 0.2) is 30.3 Å². The fourth-order valence-corrected chi connectivity index (χ4v) is 2.15. The first-order valence-electron chi connectivity index (χ1n) is 7.08. The van der Waals surface area contributed by atoms with Gasteiger partial charge in [-0.2, -0.15) is 5.26 Å². The molecule has 5 nitrogen and oxygen atoms in total. The summed E-state index contributed by atoms with van der Waals surface area (Å²) < 4.78 is 0. The molecule has 0 bridgehead atoms. The molecule has 1 aliphatic rings. The number of hydrogen-bond acceptors (Lipinski definition) is 5. The van der Waals surface area contributed by atoms with Crippen LogP contribution in [0.25, 0.3) is 0 Å². The van der Waals surface area contributed by atoms with Crippen LogP contribution in [-0.2, 0) is 6.54 Å². The Kier molecular flexibility index (Phi) is 3.69. The first-order chi connectivity index (χ1) is 10.3. The Labute approximate surface area is 124 Å². The summed E-state index contributed by atoms with van der Waals surface area (Å²) in [6.45, 7) is 0.639. The Balaban J connectivity index is 1.75. The zero-order chi connectivity index (χ0) is 14.7. The first-order valence-corrected chi connectivity index (χ1v) is 7.08. The van der Waals surface area contributed by atoms with E-state index < -0.39 is 0 Å². The topological polar surface area (TPSA) is 73.6 Å². The predicted octanol–water partition coefficient (Wildman–Crippen LogP) is 2.88. The van der Waals surface area contributed by atoms with Crippen molar-refractivity contribution in [2.45, 2.75) is 25.3 Å². The predicted molar refractivity (Wildman–Crippen MR) is 82.0 cm³/mol. The minimum absolute atomic E-state index is 0.515. The van der Waals surface area contributed by atoms with Crippen LogP contribution in [0, 0.1) is 11.3 Å². The second kappa shape index (κ2) is 5.80. The number of hydrogen-bond donors (Lipinski definition) is 2. The minimum atomic E-state index is 0.515. The van der Waals surface area contributed by atoms with E-state index in [0.717, 1.165) is 23.0 Å². The lowest BCUT2D eigenvalue weighted by Crippen LogP contribution is -2.06. The van der Waals surface area contributed by atoms with E-state index in [1.54, 1.807) is 6.07 Å². The van der Waals surface area contributed by atoms with Crippen LogP contribution in [0.2, 0.25) is 0 Å². The molecule has 1 aromatic carbocycles. The highest BCUT2D eigenvalue weighted by Crippen LogP contribution is 2.38. The van der Waals surface area contributed by atoms with E-state index in [0.29, 0.717) is 18.0 Å². The van der Waals surface area contributed by atoms with Crippen molar-refractivity contribution in [2.24, 2.45) is 0 Å². The summed E-state index contributed by atoms with van der Waals surface area (Å²) in [5.74, 6) is 3.08. The molecule has 5 heteroatoms. The Hall–Kier alpha value is -2.61. The van der Waals surface area contributed by atoms with Crippen molar-refractivity contribution in [1.82, 2.24) is 9.97 Å². The van der Waals surface area contributed by atoms with Gasteiger partial charge in [-0.1, -0.05) is 12.1 Å². The second-order valence-corrected chi connectivity index (χ2v) is 5.19. The van der Waals surface area contributed by atoms with Gasteiger partial charge in [-0.25, -0.2) is 9.97 Å². The van der Waals surface area contributed by atoms with Gasteiger partial charge in [-0.05, 0) is 30.5 Å². The molecule has 0 amide bonds. The van der Waals surface area contributed by atoms with E-state index in [-0.39, 0.29) is 0 Å². The largest absolute Gasteiger partial charge is 0.373 e. The van der Waals surface area contributed by atoms with E-state index in [1.165, 1.54) is 12.8 Å². The van der Waals surface area contributed by atoms with Crippen LogP contribution in [0.3, 0.4) is 0 Å². The molecule has 1 aliphatic carbocycles. The standard InChI is InChI=1S/C16H17N5/c1-18-14-8-15(21-16(20-14)13-5-6-13)19-10-12-4-2-3-11(7-12)9-17/h2-4,7-8,13H,5-6,10H2,1H3,(H2,18,19,20,21). The highest BCUT2D eigenvalue weighted by molar-refractivity contribution is 5.48. The fraction of sp³-hybridized carbons (Fsp3) is 0.312. The van der Waals surface area contributed by atoms with Crippen molar-refractivity contribution >= 4 is 11.6 Å². The summed E-state index contributed by atoms with van der Waals surface area (Å²) in [5.41, 5.74) is 1.73. The molecule has 1 saturated carbocycles. The highest BCUT2D eigenvalue weighted by atomic mass is 15.1. The molecule has 2 N–H and O–H groups in total.